The van der Waals surface area contributed by atoms with Crippen LogP contribution in [-0.4, -0.2) is 23.7 Å². The molecule has 0 amide bonds. The molecule has 25 heavy (non-hydrogen) atoms. The van der Waals surface area contributed by atoms with Crippen LogP contribution >= 0.6 is 0 Å². The molecule has 2 aliphatic rings. The van der Waals surface area contributed by atoms with Crippen molar-refractivity contribution in [2.45, 2.75) is 32.0 Å². The van der Waals surface area contributed by atoms with E-state index in [1.807, 2.05) is 36.4 Å². The van der Waals surface area contributed by atoms with E-state index < -0.39 is 0 Å². The molecule has 5 heteroatoms. The molecule has 1 aromatic heterocycles. The second-order valence-electron chi connectivity index (χ2n) is 6.60. The van der Waals surface area contributed by atoms with Gasteiger partial charge in [0.15, 0.2) is 0 Å². The Balaban J connectivity index is 1.25. The summed E-state index contributed by atoms with van der Waals surface area (Å²) in [5, 5.41) is 0. The Hall–Kier alpha value is -2.40. The Morgan fingerprint density at radius 2 is 2.08 bits per heavy atom. The summed E-state index contributed by atoms with van der Waals surface area (Å²) >= 11 is 0. The highest BCUT2D eigenvalue weighted by Crippen LogP contribution is 2.46. The van der Waals surface area contributed by atoms with Crippen LogP contribution in [0.15, 0.2) is 48.8 Å². The zero-order valence-corrected chi connectivity index (χ0v) is 14.0. The number of ether oxygens (including phenoxy) is 3. The predicted molar refractivity (Wildman–Crippen MR) is 91.1 cm³/mol. The molecule has 2 heterocycles. The molecule has 4 rings (SSSR count). The summed E-state index contributed by atoms with van der Waals surface area (Å²) in [4.78, 5) is 16.2. The zero-order chi connectivity index (χ0) is 17.1. The number of carbonyl (C=O) groups excluding carboxylic acids is 1. The molecule has 5 nitrogen and oxygen atoms in total. The van der Waals surface area contributed by atoms with E-state index in [-0.39, 0.29) is 18.0 Å². The smallest absolute Gasteiger partial charge is 0.309 e. The Morgan fingerprint density at radius 1 is 1.20 bits per heavy atom. The van der Waals surface area contributed by atoms with Crippen molar-refractivity contribution in [3.05, 3.63) is 54.4 Å². The Bertz CT molecular complexity index is 710. The normalized spacial score (nSPS) is 24.7. The first-order valence-corrected chi connectivity index (χ1v) is 8.74. The highest BCUT2D eigenvalue weighted by Gasteiger charge is 2.50. The van der Waals surface area contributed by atoms with Gasteiger partial charge in [0.1, 0.15) is 18.1 Å². The number of hydrogen-bond donors (Lipinski definition) is 0. The average Bonchev–Trinajstić information content (AvgIpc) is 3.27. The molecule has 130 valence electrons. The molecule has 3 atom stereocenters. The maximum absolute atomic E-state index is 12.1. The fourth-order valence-electron chi connectivity index (χ4n) is 3.30. The van der Waals surface area contributed by atoms with Gasteiger partial charge < -0.3 is 14.2 Å². The lowest BCUT2D eigenvalue weighted by Crippen LogP contribution is -2.14. The van der Waals surface area contributed by atoms with Crippen LogP contribution in [0.25, 0.3) is 0 Å². The van der Waals surface area contributed by atoms with Gasteiger partial charge in [0.05, 0.1) is 18.2 Å². The number of esters is 1. The van der Waals surface area contributed by atoms with E-state index in [1.165, 1.54) is 0 Å². The molecule has 1 unspecified atom stereocenters. The minimum absolute atomic E-state index is 0.0243. The molecule has 2 aromatic rings. The lowest BCUT2D eigenvalue weighted by molar-refractivity contribution is -0.147. The quantitative estimate of drug-likeness (QED) is 0.751. The fraction of sp³-hybridized carbons (Fsp3) is 0.400. The summed E-state index contributed by atoms with van der Waals surface area (Å²) in [6.45, 7) is 1.12. The number of carbonyl (C=O) groups is 1. The Labute approximate surface area is 146 Å². The van der Waals surface area contributed by atoms with Gasteiger partial charge in [-0.25, -0.2) is 0 Å². The van der Waals surface area contributed by atoms with Gasteiger partial charge in [0, 0.05) is 12.8 Å². The number of hydrogen-bond acceptors (Lipinski definition) is 5. The van der Waals surface area contributed by atoms with Gasteiger partial charge in [-0.2, -0.15) is 0 Å². The van der Waals surface area contributed by atoms with Crippen LogP contribution in [0.3, 0.4) is 0 Å². The lowest BCUT2D eigenvalue weighted by atomic mass is 10.1. The SMILES string of the molecule is O=C(OCc1ccc(Oc2cccnc2)cc1)[C@@H]1C[C@H]1C1CCCO1. The average molecular weight is 339 g/mol. The molecular formula is C20H21NO4. The molecule has 1 aliphatic carbocycles. The molecular weight excluding hydrogens is 318 g/mol. The Kier molecular flexibility index (Phi) is 4.65. The zero-order valence-electron chi connectivity index (χ0n) is 14.0. The number of nitrogens with zero attached hydrogens (tertiary/aromatic N) is 1. The van der Waals surface area contributed by atoms with Crippen LogP contribution in [-0.2, 0) is 20.9 Å². The number of pyridine rings is 1. The fourth-order valence-corrected chi connectivity index (χ4v) is 3.30. The molecule has 0 N–H and O–H groups in total. The van der Waals surface area contributed by atoms with E-state index in [9.17, 15) is 4.79 Å². The van der Waals surface area contributed by atoms with Crippen LogP contribution in [0.2, 0.25) is 0 Å². The molecule has 0 spiro atoms. The summed E-state index contributed by atoms with van der Waals surface area (Å²) in [5.41, 5.74) is 0.946. The minimum atomic E-state index is -0.101. The van der Waals surface area contributed by atoms with Crippen molar-refractivity contribution in [3.63, 3.8) is 0 Å². The highest BCUT2D eigenvalue weighted by molar-refractivity contribution is 5.75. The van der Waals surface area contributed by atoms with Crippen molar-refractivity contribution in [3.8, 4) is 11.5 Å². The van der Waals surface area contributed by atoms with E-state index in [4.69, 9.17) is 14.2 Å². The van der Waals surface area contributed by atoms with E-state index in [0.717, 1.165) is 37.2 Å². The van der Waals surface area contributed by atoms with Crippen LogP contribution in [0, 0.1) is 11.8 Å². The van der Waals surface area contributed by atoms with Crippen molar-refractivity contribution in [2.75, 3.05) is 6.61 Å². The molecule has 0 bridgehead atoms. The molecule has 1 saturated carbocycles. The van der Waals surface area contributed by atoms with Crippen molar-refractivity contribution in [1.29, 1.82) is 0 Å². The van der Waals surface area contributed by atoms with Crippen LogP contribution in [0.5, 0.6) is 11.5 Å². The molecule has 2 fully saturated rings. The van der Waals surface area contributed by atoms with Gasteiger partial charge in [-0.05, 0) is 55.0 Å². The topological polar surface area (TPSA) is 57.7 Å². The van der Waals surface area contributed by atoms with Gasteiger partial charge in [-0.15, -0.1) is 0 Å². The van der Waals surface area contributed by atoms with Gasteiger partial charge in [0.25, 0.3) is 0 Å². The summed E-state index contributed by atoms with van der Waals surface area (Å²) in [6, 6.07) is 11.2. The summed E-state index contributed by atoms with van der Waals surface area (Å²) in [6.07, 6.45) is 6.72. The van der Waals surface area contributed by atoms with Crippen LogP contribution in [0.1, 0.15) is 24.8 Å². The molecule has 0 radical (unpaired) electrons. The summed E-state index contributed by atoms with van der Waals surface area (Å²) in [7, 11) is 0. The highest BCUT2D eigenvalue weighted by atomic mass is 16.5. The van der Waals surface area contributed by atoms with Gasteiger partial charge >= 0.3 is 5.97 Å². The van der Waals surface area contributed by atoms with Crippen molar-refractivity contribution in [2.24, 2.45) is 11.8 Å². The predicted octanol–water partition coefficient (Wildman–Crippen LogP) is 3.73. The van der Waals surface area contributed by atoms with Crippen molar-refractivity contribution in [1.82, 2.24) is 4.98 Å². The van der Waals surface area contributed by atoms with E-state index in [2.05, 4.69) is 4.98 Å². The first-order chi connectivity index (χ1) is 12.3. The van der Waals surface area contributed by atoms with Crippen molar-refractivity contribution < 1.29 is 19.0 Å². The standard InChI is InChI=1S/C20H21NO4/c22-20(18-11-17(18)19-4-2-10-23-19)24-13-14-5-7-15(8-6-14)25-16-3-1-9-21-12-16/h1,3,5-9,12,17-19H,2,4,10-11,13H2/t17-,18-,19?/m1/s1. The lowest BCUT2D eigenvalue weighted by Gasteiger charge is -2.09. The first-order valence-electron chi connectivity index (χ1n) is 8.74. The third-order valence-electron chi connectivity index (χ3n) is 4.76. The second-order valence-corrected chi connectivity index (χ2v) is 6.60. The largest absolute Gasteiger partial charge is 0.461 e. The summed E-state index contributed by atoms with van der Waals surface area (Å²) in [5.74, 6) is 1.71. The Morgan fingerprint density at radius 3 is 2.80 bits per heavy atom. The monoisotopic (exact) mass is 339 g/mol. The third-order valence-corrected chi connectivity index (χ3v) is 4.76. The van der Waals surface area contributed by atoms with Gasteiger partial charge in [0.2, 0.25) is 0 Å². The van der Waals surface area contributed by atoms with Crippen LogP contribution in [0.4, 0.5) is 0 Å². The maximum Gasteiger partial charge on any atom is 0.309 e. The van der Waals surface area contributed by atoms with E-state index >= 15 is 0 Å². The molecule has 1 aliphatic heterocycles. The minimum Gasteiger partial charge on any atom is -0.461 e. The molecule has 1 saturated heterocycles. The third kappa shape index (κ3) is 3.99. The van der Waals surface area contributed by atoms with Gasteiger partial charge in [-0.1, -0.05) is 12.1 Å². The van der Waals surface area contributed by atoms with E-state index in [0.29, 0.717) is 18.3 Å². The maximum atomic E-state index is 12.1. The first kappa shape index (κ1) is 16.1. The second kappa shape index (κ2) is 7.23. The van der Waals surface area contributed by atoms with Crippen LogP contribution < -0.4 is 4.74 Å². The number of aromatic nitrogens is 1. The molecule has 1 aromatic carbocycles. The number of rotatable bonds is 6. The van der Waals surface area contributed by atoms with E-state index in [1.54, 1.807) is 12.4 Å². The van der Waals surface area contributed by atoms with Crippen molar-refractivity contribution >= 4 is 5.97 Å². The summed E-state index contributed by atoms with van der Waals surface area (Å²) < 4.78 is 16.8. The van der Waals surface area contributed by atoms with Gasteiger partial charge in [-0.3, -0.25) is 9.78 Å². The number of benzene rings is 1.